The Hall–Kier alpha value is -1.01. The molecular formula is C16H14INOS. The SMILES string of the molecule is Cc1ccc2c(c1)SC(C(=O)Nc1ccccc1I)C2. The molecule has 2 aromatic carbocycles. The van der Waals surface area contributed by atoms with Crippen molar-refractivity contribution in [3.8, 4) is 0 Å². The van der Waals surface area contributed by atoms with Crippen molar-refractivity contribution in [1.29, 1.82) is 0 Å². The van der Waals surface area contributed by atoms with E-state index in [-0.39, 0.29) is 11.2 Å². The molecule has 3 rings (SSSR count). The summed E-state index contributed by atoms with van der Waals surface area (Å²) in [5.74, 6) is 0.0907. The maximum Gasteiger partial charge on any atom is 0.238 e. The summed E-state index contributed by atoms with van der Waals surface area (Å²) in [5, 5.41) is 3.01. The highest BCUT2D eigenvalue weighted by Gasteiger charge is 2.28. The van der Waals surface area contributed by atoms with Gasteiger partial charge in [0.05, 0.1) is 10.9 Å². The van der Waals surface area contributed by atoms with Crippen molar-refractivity contribution >= 4 is 45.9 Å². The lowest BCUT2D eigenvalue weighted by Crippen LogP contribution is -2.25. The highest BCUT2D eigenvalue weighted by Crippen LogP contribution is 2.38. The highest BCUT2D eigenvalue weighted by molar-refractivity contribution is 14.1. The molecule has 0 fully saturated rings. The van der Waals surface area contributed by atoms with Crippen molar-refractivity contribution in [2.45, 2.75) is 23.5 Å². The number of anilines is 1. The Labute approximate surface area is 136 Å². The third kappa shape index (κ3) is 2.86. The number of hydrogen-bond donors (Lipinski definition) is 1. The van der Waals surface area contributed by atoms with Crippen LogP contribution in [0.2, 0.25) is 0 Å². The second kappa shape index (κ2) is 5.77. The molecule has 1 atom stereocenters. The summed E-state index contributed by atoms with van der Waals surface area (Å²) in [5.41, 5.74) is 3.42. The van der Waals surface area contributed by atoms with Crippen molar-refractivity contribution in [2.24, 2.45) is 0 Å². The number of amides is 1. The van der Waals surface area contributed by atoms with Crippen LogP contribution in [0.15, 0.2) is 47.4 Å². The summed E-state index contributed by atoms with van der Waals surface area (Å²) in [4.78, 5) is 13.6. The van der Waals surface area contributed by atoms with E-state index in [4.69, 9.17) is 0 Å². The fraction of sp³-hybridized carbons (Fsp3) is 0.188. The zero-order valence-electron chi connectivity index (χ0n) is 11.0. The maximum atomic E-state index is 12.4. The first-order valence-electron chi connectivity index (χ1n) is 6.45. The van der Waals surface area contributed by atoms with Crippen LogP contribution in [0.4, 0.5) is 5.69 Å². The van der Waals surface area contributed by atoms with Crippen LogP contribution in [0.1, 0.15) is 11.1 Å². The molecule has 1 heterocycles. The monoisotopic (exact) mass is 395 g/mol. The second-order valence-electron chi connectivity index (χ2n) is 4.89. The minimum atomic E-state index is -0.0252. The Morgan fingerprint density at radius 2 is 2.10 bits per heavy atom. The average Bonchev–Trinajstić information content (AvgIpc) is 2.84. The third-order valence-corrected chi connectivity index (χ3v) is 5.56. The normalized spacial score (nSPS) is 16.8. The van der Waals surface area contributed by atoms with Gasteiger partial charge in [0, 0.05) is 8.47 Å². The minimum Gasteiger partial charge on any atom is -0.324 e. The molecule has 1 unspecified atom stereocenters. The smallest absolute Gasteiger partial charge is 0.238 e. The Morgan fingerprint density at radius 1 is 1.30 bits per heavy atom. The molecule has 1 aliphatic rings. The van der Waals surface area contributed by atoms with Crippen molar-refractivity contribution in [2.75, 3.05) is 5.32 Å². The van der Waals surface area contributed by atoms with E-state index in [1.807, 2.05) is 24.3 Å². The van der Waals surface area contributed by atoms with E-state index in [2.05, 4.69) is 53.0 Å². The summed E-state index contributed by atoms with van der Waals surface area (Å²) in [6.07, 6.45) is 0.815. The van der Waals surface area contributed by atoms with Gasteiger partial charge >= 0.3 is 0 Å². The number of thioether (sulfide) groups is 1. The fourth-order valence-corrected chi connectivity index (χ4v) is 4.07. The Bertz CT molecular complexity index is 671. The summed E-state index contributed by atoms with van der Waals surface area (Å²) >= 11 is 3.91. The topological polar surface area (TPSA) is 29.1 Å². The van der Waals surface area contributed by atoms with E-state index in [0.29, 0.717) is 0 Å². The van der Waals surface area contributed by atoms with E-state index in [9.17, 15) is 4.79 Å². The van der Waals surface area contributed by atoms with Gasteiger partial charge in [0.15, 0.2) is 0 Å². The summed E-state index contributed by atoms with van der Waals surface area (Å²) in [7, 11) is 0. The first kappa shape index (κ1) is 13.9. The zero-order chi connectivity index (χ0) is 14.1. The molecule has 20 heavy (non-hydrogen) atoms. The number of benzene rings is 2. The molecule has 1 aliphatic heterocycles. The second-order valence-corrected chi connectivity index (χ2v) is 7.30. The van der Waals surface area contributed by atoms with E-state index < -0.39 is 0 Å². The van der Waals surface area contributed by atoms with Gasteiger partial charge in [0.25, 0.3) is 0 Å². The van der Waals surface area contributed by atoms with Gasteiger partial charge in [-0.15, -0.1) is 11.8 Å². The average molecular weight is 395 g/mol. The van der Waals surface area contributed by atoms with Crippen molar-refractivity contribution in [1.82, 2.24) is 0 Å². The van der Waals surface area contributed by atoms with Crippen LogP contribution in [-0.4, -0.2) is 11.2 Å². The Morgan fingerprint density at radius 3 is 2.90 bits per heavy atom. The van der Waals surface area contributed by atoms with Crippen LogP contribution in [0.25, 0.3) is 0 Å². The largest absolute Gasteiger partial charge is 0.324 e. The summed E-state index contributed by atoms with van der Waals surface area (Å²) < 4.78 is 1.06. The minimum absolute atomic E-state index is 0.0252. The van der Waals surface area contributed by atoms with Gasteiger partial charge in [0.1, 0.15) is 0 Å². The number of halogens is 1. The molecular weight excluding hydrogens is 381 g/mol. The van der Waals surface area contributed by atoms with Crippen LogP contribution in [0.3, 0.4) is 0 Å². The molecule has 0 aromatic heterocycles. The van der Waals surface area contributed by atoms with Crippen LogP contribution in [-0.2, 0) is 11.2 Å². The van der Waals surface area contributed by atoms with Gasteiger partial charge in [-0.25, -0.2) is 0 Å². The molecule has 2 aromatic rings. The number of carbonyl (C=O) groups is 1. The van der Waals surface area contributed by atoms with Crippen LogP contribution >= 0.6 is 34.4 Å². The lowest BCUT2D eigenvalue weighted by Gasteiger charge is -2.11. The van der Waals surface area contributed by atoms with Crippen molar-refractivity contribution in [3.63, 3.8) is 0 Å². The molecule has 1 N–H and O–H groups in total. The lowest BCUT2D eigenvalue weighted by molar-refractivity contribution is -0.115. The molecule has 0 bridgehead atoms. The number of hydrogen-bond acceptors (Lipinski definition) is 2. The number of carbonyl (C=O) groups excluding carboxylic acids is 1. The van der Waals surface area contributed by atoms with Crippen LogP contribution in [0, 0.1) is 10.5 Å². The van der Waals surface area contributed by atoms with Gasteiger partial charge in [-0.2, -0.15) is 0 Å². The standard InChI is InChI=1S/C16H14INOS/c1-10-6-7-11-9-15(20-14(11)8-10)16(19)18-13-5-3-2-4-12(13)17/h2-8,15H,9H2,1H3,(H,18,19). The molecule has 0 aliphatic carbocycles. The van der Waals surface area contributed by atoms with Crippen LogP contribution in [0.5, 0.6) is 0 Å². The fourth-order valence-electron chi connectivity index (χ4n) is 2.26. The molecule has 0 spiro atoms. The van der Waals surface area contributed by atoms with Crippen molar-refractivity contribution < 1.29 is 4.79 Å². The third-order valence-electron chi connectivity index (χ3n) is 3.32. The number of nitrogens with one attached hydrogen (secondary N) is 1. The first-order valence-corrected chi connectivity index (χ1v) is 8.41. The van der Waals surface area contributed by atoms with Gasteiger partial charge in [-0.05, 0) is 59.7 Å². The summed E-state index contributed by atoms with van der Waals surface area (Å²) in [6.45, 7) is 2.08. The Kier molecular flexibility index (Phi) is 4.03. The van der Waals surface area contributed by atoms with Gasteiger partial charge in [0.2, 0.25) is 5.91 Å². The summed E-state index contributed by atoms with van der Waals surface area (Å²) in [6, 6.07) is 14.3. The number of rotatable bonds is 2. The van der Waals surface area contributed by atoms with Crippen LogP contribution < -0.4 is 5.32 Å². The van der Waals surface area contributed by atoms with Gasteiger partial charge in [-0.1, -0.05) is 29.8 Å². The first-order chi connectivity index (χ1) is 9.63. The van der Waals surface area contributed by atoms with Gasteiger partial charge in [-0.3, -0.25) is 4.79 Å². The van der Waals surface area contributed by atoms with Gasteiger partial charge < -0.3 is 5.32 Å². The quantitative estimate of drug-likeness (QED) is 0.771. The van der Waals surface area contributed by atoms with Crippen molar-refractivity contribution in [3.05, 3.63) is 57.2 Å². The molecule has 102 valence electrons. The predicted molar refractivity (Wildman–Crippen MR) is 92.3 cm³/mol. The lowest BCUT2D eigenvalue weighted by atomic mass is 10.1. The molecule has 2 nitrogen and oxygen atoms in total. The molecule has 1 amide bonds. The maximum absolute atomic E-state index is 12.4. The zero-order valence-corrected chi connectivity index (χ0v) is 14.0. The Balaban J connectivity index is 1.73. The van der Waals surface area contributed by atoms with E-state index in [1.54, 1.807) is 11.8 Å². The molecule has 0 saturated heterocycles. The molecule has 0 radical (unpaired) electrons. The number of para-hydroxylation sites is 1. The predicted octanol–water partition coefficient (Wildman–Crippen LogP) is 4.26. The number of aryl methyl sites for hydroxylation is 1. The molecule has 0 saturated carbocycles. The number of fused-ring (bicyclic) bond motifs is 1. The van der Waals surface area contributed by atoms with E-state index in [0.717, 1.165) is 15.7 Å². The van der Waals surface area contributed by atoms with E-state index >= 15 is 0 Å². The highest BCUT2D eigenvalue weighted by atomic mass is 127. The van der Waals surface area contributed by atoms with E-state index in [1.165, 1.54) is 16.0 Å². The molecule has 4 heteroatoms.